The number of hydrogen-bond donors (Lipinski definition) is 1. The van der Waals surface area contributed by atoms with Crippen molar-refractivity contribution < 1.29 is 4.79 Å². The Balaban J connectivity index is 2.06. The lowest BCUT2D eigenvalue weighted by atomic mass is 10.2. The first-order chi connectivity index (χ1) is 10.5. The van der Waals surface area contributed by atoms with E-state index in [0.717, 1.165) is 28.0 Å². The van der Waals surface area contributed by atoms with Crippen molar-refractivity contribution in [2.45, 2.75) is 20.8 Å². The zero-order valence-electron chi connectivity index (χ0n) is 13.2. The summed E-state index contributed by atoms with van der Waals surface area (Å²) in [5, 5.41) is 2.99. The minimum atomic E-state index is -0.00576. The summed E-state index contributed by atoms with van der Waals surface area (Å²) in [6, 6.07) is 14.1. The summed E-state index contributed by atoms with van der Waals surface area (Å²) >= 11 is 3.43. The van der Waals surface area contributed by atoms with E-state index in [1.165, 1.54) is 5.56 Å². The number of hydrogen-bond acceptors (Lipinski definition) is 2. The number of rotatable bonds is 5. The SMILES string of the molecule is CCN(CC(=O)Nc1ccc(Br)cc1C)c1cccc(C)c1. The minimum Gasteiger partial charge on any atom is -0.362 e. The van der Waals surface area contributed by atoms with Gasteiger partial charge in [0.2, 0.25) is 5.91 Å². The minimum absolute atomic E-state index is 0.00576. The first kappa shape index (κ1) is 16.6. The van der Waals surface area contributed by atoms with Crippen LogP contribution in [0.1, 0.15) is 18.1 Å². The average Bonchev–Trinajstić information content (AvgIpc) is 2.47. The summed E-state index contributed by atoms with van der Waals surface area (Å²) in [5.74, 6) is -0.00576. The lowest BCUT2D eigenvalue weighted by molar-refractivity contribution is -0.115. The maximum atomic E-state index is 12.3. The van der Waals surface area contributed by atoms with E-state index in [-0.39, 0.29) is 5.91 Å². The van der Waals surface area contributed by atoms with Crippen molar-refractivity contribution in [1.82, 2.24) is 0 Å². The van der Waals surface area contributed by atoms with Crippen molar-refractivity contribution in [2.24, 2.45) is 0 Å². The van der Waals surface area contributed by atoms with Crippen molar-refractivity contribution in [3.8, 4) is 0 Å². The summed E-state index contributed by atoms with van der Waals surface area (Å²) in [6.45, 7) is 7.23. The molecule has 0 saturated carbocycles. The summed E-state index contributed by atoms with van der Waals surface area (Å²) in [4.78, 5) is 14.4. The number of aryl methyl sites for hydroxylation is 2. The van der Waals surface area contributed by atoms with Gasteiger partial charge in [-0.05, 0) is 62.2 Å². The molecule has 0 heterocycles. The molecule has 4 heteroatoms. The summed E-state index contributed by atoms with van der Waals surface area (Å²) in [6.07, 6.45) is 0. The van der Waals surface area contributed by atoms with Gasteiger partial charge in [-0.2, -0.15) is 0 Å². The predicted octanol–water partition coefficient (Wildman–Crippen LogP) is 4.53. The molecule has 0 aliphatic carbocycles. The van der Waals surface area contributed by atoms with Gasteiger partial charge in [-0.15, -0.1) is 0 Å². The molecule has 1 N–H and O–H groups in total. The number of carbonyl (C=O) groups is 1. The van der Waals surface area contributed by atoms with Crippen LogP contribution >= 0.6 is 15.9 Å². The fourth-order valence-electron chi connectivity index (χ4n) is 2.34. The molecule has 0 unspecified atom stereocenters. The summed E-state index contributed by atoms with van der Waals surface area (Å²) < 4.78 is 1.01. The van der Waals surface area contributed by atoms with E-state index in [4.69, 9.17) is 0 Å². The van der Waals surface area contributed by atoms with E-state index < -0.39 is 0 Å². The van der Waals surface area contributed by atoms with Crippen LogP contribution in [0.25, 0.3) is 0 Å². The van der Waals surface area contributed by atoms with Crippen LogP contribution in [0.15, 0.2) is 46.9 Å². The number of likely N-dealkylation sites (N-methyl/N-ethyl adjacent to an activating group) is 1. The van der Waals surface area contributed by atoms with Crippen molar-refractivity contribution >= 4 is 33.2 Å². The molecule has 3 nitrogen and oxygen atoms in total. The van der Waals surface area contributed by atoms with Crippen molar-refractivity contribution in [2.75, 3.05) is 23.3 Å². The van der Waals surface area contributed by atoms with E-state index in [2.05, 4.69) is 52.1 Å². The number of amides is 1. The van der Waals surface area contributed by atoms with Crippen LogP contribution in [0.2, 0.25) is 0 Å². The predicted molar refractivity (Wildman–Crippen MR) is 96.6 cm³/mol. The fourth-order valence-corrected chi connectivity index (χ4v) is 2.82. The Morgan fingerprint density at radius 2 is 1.95 bits per heavy atom. The fraction of sp³-hybridized carbons (Fsp3) is 0.278. The molecule has 2 aromatic rings. The molecule has 116 valence electrons. The quantitative estimate of drug-likeness (QED) is 0.849. The topological polar surface area (TPSA) is 32.3 Å². The molecular formula is C18H21BrN2O. The number of halogens is 1. The number of nitrogens with one attached hydrogen (secondary N) is 1. The molecule has 0 saturated heterocycles. The van der Waals surface area contributed by atoms with Crippen LogP contribution in [-0.2, 0) is 4.79 Å². The van der Waals surface area contributed by atoms with E-state index in [1.807, 2.05) is 37.3 Å². The summed E-state index contributed by atoms with van der Waals surface area (Å²) in [7, 11) is 0. The van der Waals surface area contributed by atoms with Crippen molar-refractivity contribution in [3.63, 3.8) is 0 Å². The smallest absolute Gasteiger partial charge is 0.243 e. The Labute approximate surface area is 140 Å². The molecule has 0 aromatic heterocycles. The van der Waals surface area contributed by atoms with Crippen LogP contribution < -0.4 is 10.2 Å². The number of benzene rings is 2. The van der Waals surface area contributed by atoms with Crippen LogP contribution in [0.3, 0.4) is 0 Å². The maximum absolute atomic E-state index is 12.3. The lowest BCUT2D eigenvalue weighted by Crippen LogP contribution is -2.33. The number of carbonyl (C=O) groups excluding carboxylic acids is 1. The molecule has 22 heavy (non-hydrogen) atoms. The molecule has 0 bridgehead atoms. The molecule has 0 atom stereocenters. The summed E-state index contributed by atoms with van der Waals surface area (Å²) in [5.41, 5.74) is 4.17. The third-order valence-electron chi connectivity index (χ3n) is 3.55. The normalized spacial score (nSPS) is 10.4. The molecule has 1 amide bonds. The third-order valence-corrected chi connectivity index (χ3v) is 4.04. The van der Waals surface area contributed by atoms with Gasteiger partial charge < -0.3 is 10.2 Å². The highest BCUT2D eigenvalue weighted by Crippen LogP contribution is 2.20. The molecule has 0 radical (unpaired) electrons. The van der Waals surface area contributed by atoms with E-state index in [0.29, 0.717) is 6.54 Å². The Morgan fingerprint density at radius 1 is 1.18 bits per heavy atom. The van der Waals surface area contributed by atoms with E-state index in [9.17, 15) is 4.79 Å². The Bertz CT molecular complexity index is 670. The number of nitrogens with zero attached hydrogens (tertiary/aromatic N) is 1. The van der Waals surface area contributed by atoms with Gasteiger partial charge in [0.15, 0.2) is 0 Å². The van der Waals surface area contributed by atoms with Crippen molar-refractivity contribution in [1.29, 1.82) is 0 Å². The second-order valence-corrected chi connectivity index (χ2v) is 6.28. The van der Waals surface area contributed by atoms with Crippen LogP contribution in [0, 0.1) is 13.8 Å². The molecule has 0 aliphatic heterocycles. The lowest BCUT2D eigenvalue weighted by Gasteiger charge is -2.23. The average molecular weight is 361 g/mol. The molecule has 0 spiro atoms. The molecule has 2 aromatic carbocycles. The van der Waals surface area contributed by atoms with Crippen molar-refractivity contribution in [3.05, 3.63) is 58.1 Å². The zero-order valence-corrected chi connectivity index (χ0v) is 14.8. The Kier molecular flexibility index (Phi) is 5.61. The van der Waals surface area contributed by atoms with Gasteiger partial charge >= 0.3 is 0 Å². The van der Waals surface area contributed by atoms with E-state index in [1.54, 1.807) is 0 Å². The monoisotopic (exact) mass is 360 g/mol. The third kappa shape index (κ3) is 4.34. The first-order valence-electron chi connectivity index (χ1n) is 7.37. The first-order valence-corrected chi connectivity index (χ1v) is 8.16. The second-order valence-electron chi connectivity index (χ2n) is 5.36. The highest BCUT2D eigenvalue weighted by Gasteiger charge is 2.11. The molecular weight excluding hydrogens is 340 g/mol. The standard InChI is InChI=1S/C18H21BrN2O/c1-4-21(16-7-5-6-13(2)10-16)12-18(22)20-17-9-8-15(19)11-14(17)3/h5-11H,4,12H2,1-3H3,(H,20,22). The van der Waals surface area contributed by atoms with Crippen LogP contribution in [-0.4, -0.2) is 19.0 Å². The molecule has 2 rings (SSSR count). The Morgan fingerprint density at radius 3 is 2.59 bits per heavy atom. The van der Waals surface area contributed by atoms with Gasteiger partial charge in [-0.1, -0.05) is 28.1 Å². The molecule has 0 aliphatic rings. The second kappa shape index (κ2) is 7.45. The maximum Gasteiger partial charge on any atom is 0.243 e. The van der Waals surface area contributed by atoms with Gasteiger partial charge in [-0.3, -0.25) is 4.79 Å². The number of anilines is 2. The van der Waals surface area contributed by atoms with Gasteiger partial charge in [0.25, 0.3) is 0 Å². The Hall–Kier alpha value is -1.81. The molecule has 0 fully saturated rings. The highest BCUT2D eigenvalue weighted by molar-refractivity contribution is 9.10. The van der Waals surface area contributed by atoms with Gasteiger partial charge in [0, 0.05) is 22.4 Å². The highest BCUT2D eigenvalue weighted by atomic mass is 79.9. The van der Waals surface area contributed by atoms with Gasteiger partial charge in [-0.25, -0.2) is 0 Å². The zero-order chi connectivity index (χ0) is 16.1. The largest absolute Gasteiger partial charge is 0.362 e. The van der Waals surface area contributed by atoms with Crippen LogP contribution in [0.5, 0.6) is 0 Å². The van der Waals surface area contributed by atoms with E-state index >= 15 is 0 Å². The van der Waals surface area contributed by atoms with Gasteiger partial charge in [0.1, 0.15) is 0 Å². The van der Waals surface area contributed by atoms with Crippen LogP contribution in [0.4, 0.5) is 11.4 Å². The van der Waals surface area contributed by atoms with Gasteiger partial charge in [0.05, 0.1) is 6.54 Å².